The lowest BCUT2D eigenvalue weighted by atomic mass is 10.2. The first-order valence-electron chi connectivity index (χ1n) is 6.17. The Hall–Kier alpha value is -3.20. The van der Waals surface area contributed by atoms with Crippen molar-refractivity contribution in [3.8, 4) is 6.07 Å². The van der Waals surface area contributed by atoms with Crippen LogP contribution in [0.2, 0.25) is 0 Å². The monoisotopic (exact) mass is 280 g/mol. The molecule has 0 radical (unpaired) electrons. The fraction of sp³-hybridized carbons (Fsp3) is 0.0667. The van der Waals surface area contributed by atoms with Gasteiger partial charge in [-0.25, -0.2) is 0 Å². The molecule has 0 aliphatic rings. The lowest BCUT2D eigenvalue weighted by Gasteiger charge is -2.07. The fourth-order valence-corrected chi connectivity index (χ4v) is 1.61. The molecule has 6 heteroatoms. The number of pyridine rings is 1. The van der Waals surface area contributed by atoms with Gasteiger partial charge in [0.1, 0.15) is 6.42 Å². The van der Waals surface area contributed by atoms with Crippen molar-refractivity contribution < 1.29 is 9.59 Å². The molecule has 0 aliphatic carbocycles. The Morgan fingerprint density at radius 3 is 2.33 bits per heavy atom. The minimum atomic E-state index is -0.371. The molecule has 0 fully saturated rings. The zero-order valence-electron chi connectivity index (χ0n) is 11.0. The van der Waals surface area contributed by atoms with Gasteiger partial charge < -0.3 is 10.6 Å². The molecule has 0 unspecified atom stereocenters. The van der Waals surface area contributed by atoms with Crippen LogP contribution in [0, 0.1) is 11.3 Å². The Morgan fingerprint density at radius 1 is 1.10 bits per heavy atom. The van der Waals surface area contributed by atoms with Crippen LogP contribution >= 0.6 is 0 Å². The highest BCUT2D eigenvalue weighted by Crippen LogP contribution is 2.14. The summed E-state index contributed by atoms with van der Waals surface area (Å²) in [7, 11) is 0. The average Bonchev–Trinajstić information content (AvgIpc) is 2.50. The van der Waals surface area contributed by atoms with E-state index >= 15 is 0 Å². The molecule has 0 aliphatic heterocycles. The smallest absolute Gasteiger partial charge is 0.257 e. The van der Waals surface area contributed by atoms with Gasteiger partial charge in [0, 0.05) is 23.8 Å². The SMILES string of the molecule is N#CCC(=O)Nc1ccc(NC(=O)c2cccnc2)cc1. The highest BCUT2D eigenvalue weighted by molar-refractivity contribution is 6.04. The molecule has 0 saturated carbocycles. The quantitative estimate of drug-likeness (QED) is 0.897. The van der Waals surface area contributed by atoms with E-state index in [-0.39, 0.29) is 18.2 Å². The molecule has 0 spiro atoms. The van der Waals surface area contributed by atoms with Crippen LogP contribution in [0.5, 0.6) is 0 Å². The highest BCUT2D eigenvalue weighted by Gasteiger charge is 2.06. The van der Waals surface area contributed by atoms with Crippen molar-refractivity contribution in [3.63, 3.8) is 0 Å². The van der Waals surface area contributed by atoms with Gasteiger partial charge in [0.15, 0.2) is 0 Å². The summed E-state index contributed by atoms with van der Waals surface area (Å²) in [6.07, 6.45) is 2.88. The number of amides is 2. The molecule has 21 heavy (non-hydrogen) atoms. The van der Waals surface area contributed by atoms with Crippen molar-refractivity contribution in [2.75, 3.05) is 10.6 Å². The molecule has 104 valence electrons. The number of nitrogens with one attached hydrogen (secondary N) is 2. The molecule has 0 saturated heterocycles. The van der Waals surface area contributed by atoms with E-state index in [1.165, 1.54) is 6.20 Å². The first-order chi connectivity index (χ1) is 10.2. The maximum Gasteiger partial charge on any atom is 0.257 e. The molecule has 2 N–H and O–H groups in total. The summed E-state index contributed by atoms with van der Waals surface area (Å²) in [5.74, 6) is -0.631. The number of carbonyl (C=O) groups excluding carboxylic acids is 2. The van der Waals surface area contributed by atoms with Crippen LogP contribution in [-0.2, 0) is 4.79 Å². The normalized spacial score (nSPS) is 9.48. The molecule has 2 amide bonds. The first-order valence-corrected chi connectivity index (χ1v) is 6.17. The van der Waals surface area contributed by atoms with Crippen LogP contribution in [-0.4, -0.2) is 16.8 Å². The van der Waals surface area contributed by atoms with E-state index in [1.807, 2.05) is 0 Å². The average molecular weight is 280 g/mol. The molecule has 2 aromatic rings. The molecule has 0 atom stereocenters. The Labute approximate surface area is 121 Å². The number of hydrogen-bond donors (Lipinski definition) is 2. The fourth-order valence-electron chi connectivity index (χ4n) is 1.61. The van der Waals surface area contributed by atoms with Crippen molar-refractivity contribution >= 4 is 23.2 Å². The van der Waals surface area contributed by atoms with E-state index in [9.17, 15) is 9.59 Å². The van der Waals surface area contributed by atoms with Crippen LogP contribution in [0.15, 0.2) is 48.8 Å². The Bertz CT molecular complexity index is 675. The molecule has 1 aromatic carbocycles. The number of hydrogen-bond acceptors (Lipinski definition) is 4. The van der Waals surface area contributed by atoms with Gasteiger partial charge in [-0.3, -0.25) is 14.6 Å². The van der Waals surface area contributed by atoms with Gasteiger partial charge in [0.25, 0.3) is 5.91 Å². The number of aromatic nitrogens is 1. The standard InChI is InChI=1S/C15H12N4O2/c16-8-7-14(20)18-12-3-5-13(6-4-12)19-15(21)11-2-1-9-17-10-11/h1-6,9-10H,7H2,(H,18,20)(H,19,21). The summed E-state index contributed by atoms with van der Waals surface area (Å²) < 4.78 is 0. The van der Waals surface area contributed by atoms with Crippen LogP contribution < -0.4 is 10.6 Å². The Kier molecular flexibility index (Phi) is 4.62. The second-order valence-corrected chi connectivity index (χ2v) is 4.16. The van der Waals surface area contributed by atoms with Crippen LogP contribution in [0.25, 0.3) is 0 Å². The summed E-state index contributed by atoms with van der Waals surface area (Å²) >= 11 is 0. The van der Waals surface area contributed by atoms with Crippen molar-refractivity contribution in [2.45, 2.75) is 6.42 Å². The Morgan fingerprint density at radius 2 is 1.76 bits per heavy atom. The van der Waals surface area contributed by atoms with Crippen molar-refractivity contribution in [3.05, 3.63) is 54.4 Å². The lowest BCUT2D eigenvalue weighted by Crippen LogP contribution is -2.12. The number of carbonyl (C=O) groups is 2. The zero-order chi connectivity index (χ0) is 15.1. The predicted octanol–water partition coefficient (Wildman–Crippen LogP) is 2.19. The summed E-state index contributed by atoms with van der Waals surface area (Å²) in [4.78, 5) is 27.0. The topological polar surface area (TPSA) is 94.9 Å². The molecule has 6 nitrogen and oxygen atoms in total. The summed E-state index contributed by atoms with van der Waals surface area (Å²) in [6, 6.07) is 11.7. The van der Waals surface area contributed by atoms with Gasteiger partial charge in [0.05, 0.1) is 11.6 Å². The molecular weight excluding hydrogens is 268 g/mol. The number of benzene rings is 1. The minimum absolute atomic E-state index is 0.195. The van der Waals surface area contributed by atoms with Gasteiger partial charge in [-0.2, -0.15) is 5.26 Å². The molecule has 1 heterocycles. The van der Waals surface area contributed by atoms with E-state index in [0.29, 0.717) is 16.9 Å². The summed E-state index contributed by atoms with van der Waals surface area (Å²) in [6.45, 7) is 0. The van der Waals surface area contributed by atoms with Gasteiger partial charge in [-0.15, -0.1) is 0 Å². The summed E-state index contributed by atoms with van der Waals surface area (Å²) in [5, 5.41) is 13.7. The second kappa shape index (κ2) is 6.82. The molecule has 0 bridgehead atoms. The van der Waals surface area contributed by atoms with Crippen molar-refractivity contribution in [1.29, 1.82) is 5.26 Å². The Balaban J connectivity index is 1.98. The van der Waals surface area contributed by atoms with Gasteiger partial charge in [-0.05, 0) is 36.4 Å². The lowest BCUT2D eigenvalue weighted by molar-refractivity contribution is -0.115. The third-order valence-corrected chi connectivity index (χ3v) is 2.59. The van der Waals surface area contributed by atoms with E-state index < -0.39 is 0 Å². The van der Waals surface area contributed by atoms with Crippen molar-refractivity contribution in [1.82, 2.24) is 4.98 Å². The molecule has 1 aromatic heterocycles. The number of nitriles is 1. The predicted molar refractivity (Wildman–Crippen MR) is 77.5 cm³/mol. The second-order valence-electron chi connectivity index (χ2n) is 4.16. The molecular formula is C15H12N4O2. The van der Waals surface area contributed by atoms with E-state index in [2.05, 4.69) is 15.6 Å². The maximum atomic E-state index is 11.9. The first kappa shape index (κ1) is 14.2. The van der Waals surface area contributed by atoms with Gasteiger partial charge >= 0.3 is 0 Å². The number of nitrogens with zero attached hydrogens (tertiary/aromatic N) is 2. The minimum Gasteiger partial charge on any atom is -0.325 e. The largest absolute Gasteiger partial charge is 0.325 e. The van der Waals surface area contributed by atoms with E-state index in [1.54, 1.807) is 48.7 Å². The highest BCUT2D eigenvalue weighted by atomic mass is 16.2. The summed E-state index contributed by atoms with van der Waals surface area (Å²) in [5.41, 5.74) is 1.63. The maximum absolute atomic E-state index is 11.9. The van der Waals surface area contributed by atoms with E-state index in [0.717, 1.165) is 0 Å². The van der Waals surface area contributed by atoms with Gasteiger partial charge in [-0.1, -0.05) is 0 Å². The van der Waals surface area contributed by atoms with Crippen LogP contribution in [0.3, 0.4) is 0 Å². The van der Waals surface area contributed by atoms with Crippen LogP contribution in [0.4, 0.5) is 11.4 Å². The third-order valence-electron chi connectivity index (χ3n) is 2.59. The third kappa shape index (κ3) is 4.14. The van der Waals surface area contributed by atoms with Crippen molar-refractivity contribution in [2.24, 2.45) is 0 Å². The van der Waals surface area contributed by atoms with Gasteiger partial charge in [0.2, 0.25) is 5.91 Å². The zero-order valence-corrected chi connectivity index (χ0v) is 11.0. The molecule has 2 rings (SSSR count). The van der Waals surface area contributed by atoms with E-state index in [4.69, 9.17) is 5.26 Å². The number of rotatable bonds is 4. The van der Waals surface area contributed by atoms with Crippen LogP contribution in [0.1, 0.15) is 16.8 Å². The number of anilines is 2.